The van der Waals surface area contributed by atoms with Crippen molar-refractivity contribution in [2.45, 2.75) is 18.9 Å². The lowest BCUT2D eigenvalue weighted by atomic mass is 10.1. The van der Waals surface area contributed by atoms with Gasteiger partial charge in [-0.2, -0.15) is 0 Å². The Labute approximate surface area is 76.7 Å². The van der Waals surface area contributed by atoms with Crippen molar-refractivity contribution in [3.05, 3.63) is 29.0 Å². The van der Waals surface area contributed by atoms with Gasteiger partial charge in [-0.05, 0) is 30.9 Å². The third-order valence-corrected chi connectivity index (χ3v) is 2.55. The van der Waals surface area contributed by atoms with Gasteiger partial charge in [0.1, 0.15) is 0 Å². The van der Waals surface area contributed by atoms with Crippen molar-refractivity contribution in [1.29, 1.82) is 0 Å². The Morgan fingerprint density at radius 1 is 1.58 bits per heavy atom. The molecule has 2 nitrogen and oxygen atoms in total. The van der Waals surface area contributed by atoms with Gasteiger partial charge in [0.25, 0.3) is 0 Å². The minimum absolute atomic E-state index is 0.0405. The van der Waals surface area contributed by atoms with Gasteiger partial charge < -0.3 is 5.73 Å². The summed E-state index contributed by atoms with van der Waals surface area (Å²) in [7, 11) is 0. The molecule has 1 heterocycles. The van der Waals surface area contributed by atoms with Crippen molar-refractivity contribution in [1.82, 2.24) is 4.98 Å². The molecule has 1 aliphatic rings. The maximum absolute atomic E-state index is 5.95. The van der Waals surface area contributed by atoms with Crippen molar-refractivity contribution >= 4 is 11.6 Å². The van der Waals surface area contributed by atoms with Gasteiger partial charge >= 0.3 is 0 Å². The fourth-order valence-electron chi connectivity index (χ4n) is 1.32. The van der Waals surface area contributed by atoms with Crippen LogP contribution in [0.2, 0.25) is 5.02 Å². The molecular formula is C9H11ClN2. The summed E-state index contributed by atoms with van der Waals surface area (Å²) in [6, 6.07) is 3.70. The smallest absolute Gasteiger partial charge is 0.0759 e. The number of nitrogens with zero attached hydrogens (tertiary/aromatic N) is 1. The molecule has 0 radical (unpaired) electrons. The highest BCUT2D eigenvalue weighted by Crippen LogP contribution is 2.40. The molecule has 3 heteroatoms. The summed E-state index contributed by atoms with van der Waals surface area (Å²) in [5.41, 5.74) is 6.80. The van der Waals surface area contributed by atoms with Crippen molar-refractivity contribution < 1.29 is 0 Å². The van der Waals surface area contributed by atoms with E-state index in [1.165, 1.54) is 12.8 Å². The lowest BCUT2D eigenvalue weighted by Crippen LogP contribution is -2.14. The van der Waals surface area contributed by atoms with Crippen LogP contribution in [-0.2, 0) is 0 Å². The van der Waals surface area contributed by atoms with Crippen LogP contribution in [0.25, 0.3) is 0 Å². The predicted octanol–water partition coefficient (Wildman–Crippen LogP) is 2.14. The largest absolute Gasteiger partial charge is 0.322 e. The van der Waals surface area contributed by atoms with Crippen LogP contribution in [0, 0.1) is 5.92 Å². The van der Waals surface area contributed by atoms with Crippen molar-refractivity contribution in [2.75, 3.05) is 0 Å². The minimum atomic E-state index is 0.0405. The fourth-order valence-corrected chi connectivity index (χ4v) is 1.57. The molecule has 1 saturated carbocycles. The van der Waals surface area contributed by atoms with Gasteiger partial charge in [0.2, 0.25) is 0 Å². The number of aromatic nitrogens is 1. The number of rotatable bonds is 2. The second-order valence-corrected chi connectivity index (χ2v) is 3.64. The summed E-state index contributed by atoms with van der Waals surface area (Å²) in [5, 5.41) is 0.692. The summed E-state index contributed by atoms with van der Waals surface area (Å²) in [6.45, 7) is 0. The van der Waals surface area contributed by atoms with Crippen molar-refractivity contribution in [2.24, 2.45) is 11.7 Å². The molecule has 1 aromatic heterocycles. The maximum atomic E-state index is 5.95. The molecule has 1 aromatic rings. The Bertz CT molecular complexity index is 284. The van der Waals surface area contributed by atoms with Crippen LogP contribution in [0.1, 0.15) is 24.6 Å². The lowest BCUT2D eigenvalue weighted by molar-refractivity contribution is 0.615. The standard InChI is InChI=1S/C9H11ClN2/c10-7-2-1-5-12-9(7)8(11)6-3-4-6/h1-2,5-6,8H,3-4,11H2. The fraction of sp³-hybridized carbons (Fsp3) is 0.444. The maximum Gasteiger partial charge on any atom is 0.0759 e. The van der Waals surface area contributed by atoms with Gasteiger partial charge in [-0.25, -0.2) is 0 Å². The van der Waals surface area contributed by atoms with E-state index in [9.17, 15) is 0 Å². The van der Waals surface area contributed by atoms with Crippen LogP contribution in [0.5, 0.6) is 0 Å². The molecular weight excluding hydrogens is 172 g/mol. The van der Waals surface area contributed by atoms with Crippen LogP contribution >= 0.6 is 11.6 Å². The lowest BCUT2D eigenvalue weighted by Gasteiger charge is -2.10. The molecule has 64 valence electrons. The molecule has 12 heavy (non-hydrogen) atoms. The molecule has 1 fully saturated rings. The van der Waals surface area contributed by atoms with Crippen LogP contribution in [-0.4, -0.2) is 4.98 Å². The first-order chi connectivity index (χ1) is 5.79. The van der Waals surface area contributed by atoms with Crippen LogP contribution in [0.15, 0.2) is 18.3 Å². The zero-order valence-corrected chi connectivity index (χ0v) is 7.46. The first kappa shape index (κ1) is 8.02. The number of hydrogen-bond donors (Lipinski definition) is 1. The molecule has 0 amide bonds. The molecule has 1 unspecified atom stereocenters. The van der Waals surface area contributed by atoms with Crippen molar-refractivity contribution in [3.63, 3.8) is 0 Å². The number of hydrogen-bond acceptors (Lipinski definition) is 2. The number of halogens is 1. The van der Waals surface area contributed by atoms with Crippen LogP contribution < -0.4 is 5.73 Å². The van der Waals surface area contributed by atoms with E-state index in [-0.39, 0.29) is 6.04 Å². The summed E-state index contributed by atoms with van der Waals surface area (Å²) in [5.74, 6) is 0.609. The Hall–Kier alpha value is -0.600. The molecule has 0 aromatic carbocycles. The Kier molecular flexibility index (Phi) is 2.03. The van der Waals surface area contributed by atoms with Crippen LogP contribution in [0.3, 0.4) is 0 Å². The normalized spacial score (nSPS) is 19.2. The van der Waals surface area contributed by atoms with Crippen LogP contribution in [0.4, 0.5) is 0 Å². The summed E-state index contributed by atoms with van der Waals surface area (Å²) in [4.78, 5) is 4.18. The molecule has 0 spiro atoms. The Morgan fingerprint density at radius 2 is 2.33 bits per heavy atom. The average molecular weight is 183 g/mol. The molecule has 2 rings (SSSR count). The third-order valence-electron chi connectivity index (χ3n) is 2.23. The highest BCUT2D eigenvalue weighted by atomic mass is 35.5. The second kappa shape index (κ2) is 3.04. The molecule has 1 atom stereocenters. The van der Waals surface area contributed by atoms with E-state index < -0.39 is 0 Å². The van der Waals surface area contributed by atoms with Gasteiger partial charge in [-0.1, -0.05) is 11.6 Å². The molecule has 2 N–H and O–H groups in total. The van der Waals surface area contributed by atoms with Gasteiger partial charge in [0.05, 0.1) is 16.8 Å². The molecule has 0 saturated heterocycles. The molecule has 1 aliphatic carbocycles. The van der Waals surface area contributed by atoms with E-state index >= 15 is 0 Å². The quantitative estimate of drug-likeness (QED) is 0.761. The summed E-state index contributed by atoms with van der Waals surface area (Å²) >= 11 is 5.95. The highest BCUT2D eigenvalue weighted by molar-refractivity contribution is 6.31. The Balaban J connectivity index is 2.25. The zero-order valence-electron chi connectivity index (χ0n) is 6.70. The monoisotopic (exact) mass is 182 g/mol. The predicted molar refractivity (Wildman–Crippen MR) is 48.9 cm³/mol. The summed E-state index contributed by atoms with van der Waals surface area (Å²) < 4.78 is 0. The van der Waals surface area contributed by atoms with E-state index in [0.29, 0.717) is 10.9 Å². The topological polar surface area (TPSA) is 38.9 Å². The first-order valence-electron chi connectivity index (χ1n) is 4.15. The third kappa shape index (κ3) is 1.45. The number of nitrogens with two attached hydrogens (primary N) is 1. The Morgan fingerprint density at radius 3 is 2.92 bits per heavy atom. The van der Waals surface area contributed by atoms with Gasteiger partial charge in [0.15, 0.2) is 0 Å². The minimum Gasteiger partial charge on any atom is -0.322 e. The zero-order chi connectivity index (χ0) is 8.55. The van der Waals surface area contributed by atoms with Crippen molar-refractivity contribution in [3.8, 4) is 0 Å². The molecule has 0 aliphatic heterocycles. The second-order valence-electron chi connectivity index (χ2n) is 3.23. The van der Waals surface area contributed by atoms with E-state index in [4.69, 9.17) is 17.3 Å². The van der Waals surface area contributed by atoms with Gasteiger partial charge in [0, 0.05) is 6.20 Å². The highest BCUT2D eigenvalue weighted by Gasteiger charge is 2.31. The first-order valence-corrected chi connectivity index (χ1v) is 4.53. The number of pyridine rings is 1. The molecule has 0 bridgehead atoms. The summed E-state index contributed by atoms with van der Waals surface area (Å²) in [6.07, 6.45) is 4.17. The average Bonchev–Trinajstić information content (AvgIpc) is 2.86. The van der Waals surface area contributed by atoms with Gasteiger partial charge in [-0.15, -0.1) is 0 Å². The van der Waals surface area contributed by atoms with E-state index in [1.807, 2.05) is 12.1 Å². The SMILES string of the molecule is NC(c1ncccc1Cl)C1CC1. The van der Waals surface area contributed by atoms with E-state index in [2.05, 4.69) is 4.98 Å². The van der Waals surface area contributed by atoms with Gasteiger partial charge in [-0.3, -0.25) is 4.98 Å². The van der Waals surface area contributed by atoms with E-state index in [0.717, 1.165) is 5.69 Å². The van der Waals surface area contributed by atoms with E-state index in [1.54, 1.807) is 6.20 Å².